The molecule has 1 aliphatic heterocycles. The average molecular weight is 571 g/mol. The Balaban J connectivity index is 1.44. The Morgan fingerprint density at radius 2 is 1.66 bits per heavy atom. The number of hydrogen-bond donors (Lipinski definition) is 2. The number of esters is 1. The quantitative estimate of drug-likeness (QED) is 0.106. The molecule has 222 valence electrons. The predicted molar refractivity (Wildman–Crippen MR) is 149 cm³/mol. The Morgan fingerprint density at radius 1 is 0.976 bits per heavy atom. The van der Waals surface area contributed by atoms with Crippen LogP contribution in [0.15, 0.2) is 65.8 Å². The average Bonchev–Trinajstić information content (AvgIpc) is 2.99. The van der Waals surface area contributed by atoms with Crippen molar-refractivity contribution >= 4 is 12.1 Å². The van der Waals surface area contributed by atoms with Crippen molar-refractivity contribution in [3.8, 4) is 0 Å². The van der Waals surface area contributed by atoms with Crippen molar-refractivity contribution in [2.75, 3.05) is 26.4 Å². The van der Waals surface area contributed by atoms with Crippen molar-refractivity contribution in [2.45, 2.75) is 69.8 Å². The zero-order chi connectivity index (χ0) is 29.5. The fraction of sp³-hybridized carbons (Fsp3) is 0.517. The summed E-state index contributed by atoms with van der Waals surface area (Å²) in [6.45, 7) is 3.02. The van der Waals surface area contributed by atoms with Crippen molar-refractivity contribution in [1.82, 2.24) is 4.90 Å². The van der Waals surface area contributed by atoms with Gasteiger partial charge in [-0.1, -0.05) is 66.5 Å². The molecule has 41 heavy (non-hydrogen) atoms. The van der Waals surface area contributed by atoms with Crippen molar-refractivity contribution in [3.05, 3.63) is 82.2 Å². The van der Waals surface area contributed by atoms with Gasteiger partial charge in [-0.25, -0.2) is 9.59 Å². The van der Waals surface area contributed by atoms with Gasteiger partial charge >= 0.3 is 12.1 Å². The summed E-state index contributed by atoms with van der Waals surface area (Å²) < 4.78 is 22.0. The molecule has 0 bridgehead atoms. The van der Waals surface area contributed by atoms with Crippen LogP contribution in [-0.4, -0.2) is 84.2 Å². The number of carbonyl (C=O) groups excluding carboxylic acids is 2. The predicted octanol–water partition coefficient (Wildman–Crippen LogP) is 4.20. The first-order chi connectivity index (χ1) is 19.9. The summed E-state index contributed by atoms with van der Waals surface area (Å²) >= 11 is 0. The SMILES string of the molecule is CCOC(=O)N(CCCCCCO[C@@H]1OC(COC(=O)c2ccccc2)[C@H](O)C(O)C1N=[N+]=[N-])Cc1ccccc1. The normalized spacial score (nSPS) is 21.9. The molecule has 5 atom stereocenters. The molecule has 1 fully saturated rings. The molecule has 0 radical (unpaired) electrons. The van der Waals surface area contributed by atoms with Crippen LogP contribution in [0.4, 0.5) is 4.79 Å². The Bertz CT molecular complexity index is 1120. The van der Waals surface area contributed by atoms with Gasteiger partial charge in [0.05, 0.1) is 18.3 Å². The summed E-state index contributed by atoms with van der Waals surface area (Å²) in [6, 6.07) is 16.9. The van der Waals surface area contributed by atoms with Gasteiger partial charge < -0.3 is 34.1 Å². The van der Waals surface area contributed by atoms with Crippen LogP contribution in [0.2, 0.25) is 0 Å². The van der Waals surface area contributed by atoms with Crippen LogP contribution in [0.3, 0.4) is 0 Å². The second kappa shape index (κ2) is 17.2. The zero-order valence-corrected chi connectivity index (χ0v) is 23.2. The molecule has 0 spiro atoms. The van der Waals surface area contributed by atoms with Crippen LogP contribution < -0.4 is 0 Å². The van der Waals surface area contributed by atoms with Crippen LogP contribution in [0.25, 0.3) is 10.4 Å². The van der Waals surface area contributed by atoms with E-state index in [1.807, 2.05) is 30.3 Å². The van der Waals surface area contributed by atoms with Gasteiger partial charge in [0.25, 0.3) is 0 Å². The second-order valence-electron chi connectivity index (χ2n) is 9.58. The molecule has 12 heteroatoms. The first kappa shape index (κ1) is 31.9. The monoisotopic (exact) mass is 570 g/mol. The van der Waals surface area contributed by atoms with Crippen molar-refractivity contribution in [2.24, 2.45) is 5.11 Å². The van der Waals surface area contributed by atoms with E-state index in [2.05, 4.69) is 10.0 Å². The minimum absolute atomic E-state index is 0.243. The number of aliphatic hydroxyl groups is 2. The zero-order valence-electron chi connectivity index (χ0n) is 23.2. The molecule has 0 aromatic heterocycles. The van der Waals surface area contributed by atoms with Gasteiger partial charge in [0.1, 0.15) is 24.9 Å². The number of amides is 1. The fourth-order valence-corrected chi connectivity index (χ4v) is 4.40. The van der Waals surface area contributed by atoms with E-state index in [1.165, 1.54) is 0 Å². The lowest BCUT2D eigenvalue weighted by Crippen LogP contribution is -2.58. The lowest BCUT2D eigenvalue weighted by atomic mass is 9.97. The lowest BCUT2D eigenvalue weighted by Gasteiger charge is -2.40. The van der Waals surface area contributed by atoms with Crippen LogP contribution in [0, 0.1) is 0 Å². The third-order valence-corrected chi connectivity index (χ3v) is 6.59. The van der Waals surface area contributed by atoms with Crippen LogP contribution in [0.1, 0.15) is 48.5 Å². The highest BCUT2D eigenvalue weighted by molar-refractivity contribution is 5.89. The molecule has 0 aliphatic carbocycles. The number of aliphatic hydroxyl groups excluding tert-OH is 2. The molecule has 1 amide bonds. The summed E-state index contributed by atoms with van der Waals surface area (Å²) in [6.07, 6.45) is -2.43. The minimum Gasteiger partial charge on any atom is -0.459 e. The molecule has 3 unspecified atom stereocenters. The maximum Gasteiger partial charge on any atom is 0.410 e. The highest BCUT2D eigenvalue weighted by Gasteiger charge is 2.45. The topological polar surface area (TPSA) is 164 Å². The largest absolute Gasteiger partial charge is 0.459 e. The van der Waals surface area contributed by atoms with E-state index >= 15 is 0 Å². The number of azide groups is 1. The van der Waals surface area contributed by atoms with Gasteiger partial charge in [-0.3, -0.25) is 0 Å². The van der Waals surface area contributed by atoms with Crippen molar-refractivity contribution < 1.29 is 38.7 Å². The standard InChI is InChI=1S/C29H38N4O8/c1-2-38-29(37)33(19-21-13-7-5-8-14-21)17-11-3-4-12-18-39-28-24(31-32-30)26(35)25(34)23(41-28)20-40-27(36)22-15-9-6-10-16-22/h5-10,13-16,23-26,28,34-35H,2-4,11-12,17-20H2,1H3/t23?,24?,25-,26?,28+/m0/s1. The van der Waals surface area contributed by atoms with E-state index in [0.29, 0.717) is 31.7 Å². The minimum atomic E-state index is -1.47. The van der Waals surface area contributed by atoms with Gasteiger partial charge in [0, 0.05) is 24.6 Å². The smallest absolute Gasteiger partial charge is 0.410 e. The first-order valence-corrected chi connectivity index (χ1v) is 13.8. The lowest BCUT2D eigenvalue weighted by molar-refractivity contribution is -0.265. The van der Waals surface area contributed by atoms with Gasteiger partial charge in [-0.05, 0) is 43.0 Å². The van der Waals surface area contributed by atoms with E-state index in [-0.39, 0.29) is 19.3 Å². The van der Waals surface area contributed by atoms with Crippen molar-refractivity contribution in [3.63, 3.8) is 0 Å². The highest BCUT2D eigenvalue weighted by atomic mass is 16.7. The molecule has 1 aliphatic rings. The molecular formula is C29H38N4O8. The van der Waals surface area contributed by atoms with Crippen LogP contribution in [-0.2, 0) is 25.5 Å². The van der Waals surface area contributed by atoms with E-state index in [0.717, 1.165) is 24.8 Å². The van der Waals surface area contributed by atoms with E-state index < -0.39 is 36.6 Å². The maximum atomic E-state index is 12.4. The molecule has 2 aromatic carbocycles. The Labute approximate surface area is 239 Å². The van der Waals surface area contributed by atoms with E-state index in [4.69, 9.17) is 24.5 Å². The Hall–Kier alpha value is -3.67. The summed E-state index contributed by atoms with van der Waals surface area (Å²) in [5.74, 6) is -0.601. The number of nitrogens with zero attached hydrogens (tertiary/aromatic N) is 4. The highest BCUT2D eigenvalue weighted by Crippen LogP contribution is 2.25. The summed E-state index contributed by atoms with van der Waals surface area (Å²) in [5.41, 5.74) is 10.3. The number of ether oxygens (including phenoxy) is 4. The molecule has 2 aromatic rings. The van der Waals surface area contributed by atoms with E-state index in [1.54, 1.807) is 42.2 Å². The van der Waals surface area contributed by atoms with E-state index in [9.17, 15) is 19.8 Å². The van der Waals surface area contributed by atoms with Crippen LogP contribution in [0.5, 0.6) is 0 Å². The molecule has 1 saturated heterocycles. The van der Waals surface area contributed by atoms with Gasteiger partial charge in [-0.2, -0.15) is 0 Å². The molecule has 3 rings (SSSR count). The third-order valence-electron chi connectivity index (χ3n) is 6.59. The van der Waals surface area contributed by atoms with Crippen LogP contribution >= 0.6 is 0 Å². The number of rotatable bonds is 15. The fourth-order valence-electron chi connectivity index (χ4n) is 4.40. The number of carbonyl (C=O) groups is 2. The summed E-state index contributed by atoms with van der Waals surface area (Å²) in [4.78, 5) is 29.1. The number of unbranched alkanes of at least 4 members (excludes halogenated alkanes) is 3. The molecular weight excluding hydrogens is 532 g/mol. The number of hydrogen-bond acceptors (Lipinski definition) is 9. The molecule has 12 nitrogen and oxygen atoms in total. The Morgan fingerprint density at radius 3 is 2.34 bits per heavy atom. The van der Waals surface area contributed by atoms with Gasteiger partial charge in [0.2, 0.25) is 0 Å². The summed E-state index contributed by atoms with van der Waals surface area (Å²) in [7, 11) is 0. The van der Waals surface area contributed by atoms with Gasteiger partial charge in [-0.15, -0.1) is 0 Å². The number of benzene rings is 2. The Kier molecular flexibility index (Phi) is 13.4. The maximum absolute atomic E-state index is 12.4. The second-order valence-corrected chi connectivity index (χ2v) is 9.58. The molecule has 0 saturated carbocycles. The molecule has 1 heterocycles. The first-order valence-electron chi connectivity index (χ1n) is 13.8. The molecule has 2 N–H and O–H groups in total. The van der Waals surface area contributed by atoms with Gasteiger partial charge in [0.15, 0.2) is 6.29 Å². The van der Waals surface area contributed by atoms with Crippen molar-refractivity contribution in [1.29, 1.82) is 0 Å². The summed E-state index contributed by atoms with van der Waals surface area (Å²) in [5, 5.41) is 24.6. The third kappa shape index (κ3) is 10.0.